The third-order valence-electron chi connectivity index (χ3n) is 4.79. The number of hydrogen-bond donors (Lipinski definition) is 1. The normalized spacial score (nSPS) is 20.2. The number of nitrogens with zero attached hydrogens (tertiary/aromatic N) is 4. The second kappa shape index (κ2) is 8.45. The Kier molecular flexibility index (Phi) is 6.39. The number of hydrogen-bond acceptors (Lipinski definition) is 6. The van der Waals surface area contributed by atoms with Gasteiger partial charge in [0.05, 0.1) is 5.75 Å². The molecule has 154 valence electrons. The van der Waals surface area contributed by atoms with Crippen molar-refractivity contribution in [3.8, 4) is 0 Å². The van der Waals surface area contributed by atoms with Crippen LogP contribution in [0.25, 0.3) is 0 Å². The van der Waals surface area contributed by atoms with E-state index >= 15 is 0 Å². The van der Waals surface area contributed by atoms with Gasteiger partial charge in [0, 0.05) is 43.2 Å². The van der Waals surface area contributed by atoms with Crippen LogP contribution >= 0.6 is 23.4 Å². The fourth-order valence-electron chi connectivity index (χ4n) is 3.14. The largest absolute Gasteiger partial charge is 0.353 e. The fraction of sp³-hybridized carbons (Fsp3) is 0.684. The third kappa shape index (κ3) is 5.50. The SMILES string of the molecule is CC1CN(c2cc(Cl)nc(SCC(=O)NC3CC3)n2)CCN1C(=O)C(C)(C)C. The Morgan fingerprint density at radius 1 is 1.29 bits per heavy atom. The predicted octanol–water partition coefficient (Wildman–Crippen LogP) is 2.58. The average molecular weight is 426 g/mol. The number of rotatable bonds is 5. The van der Waals surface area contributed by atoms with Crippen molar-refractivity contribution in [3.05, 3.63) is 11.2 Å². The molecule has 2 fully saturated rings. The number of aromatic nitrogens is 2. The quantitative estimate of drug-likeness (QED) is 0.443. The van der Waals surface area contributed by atoms with Crippen molar-refractivity contribution in [2.45, 2.75) is 57.8 Å². The van der Waals surface area contributed by atoms with E-state index in [9.17, 15) is 9.59 Å². The van der Waals surface area contributed by atoms with E-state index in [0.29, 0.717) is 36.0 Å². The Morgan fingerprint density at radius 2 is 2.00 bits per heavy atom. The molecule has 1 N–H and O–H groups in total. The summed E-state index contributed by atoms with van der Waals surface area (Å²) < 4.78 is 0. The zero-order chi connectivity index (χ0) is 20.5. The lowest BCUT2D eigenvalue weighted by atomic mass is 9.93. The van der Waals surface area contributed by atoms with E-state index in [1.165, 1.54) is 11.8 Å². The second-order valence-corrected chi connectivity index (χ2v) is 9.84. The molecule has 1 atom stereocenters. The van der Waals surface area contributed by atoms with E-state index in [4.69, 9.17) is 11.6 Å². The molecule has 7 nitrogen and oxygen atoms in total. The number of amides is 2. The van der Waals surface area contributed by atoms with E-state index in [1.807, 2.05) is 25.7 Å². The van der Waals surface area contributed by atoms with Crippen molar-refractivity contribution in [2.75, 3.05) is 30.3 Å². The Bertz CT molecular complexity index is 750. The van der Waals surface area contributed by atoms with Gasteiger partial charge in [-0.15, -0.1) is 0 Å². The molecule has 0 spiro atoms. The summed E-state index contributed by atoms with van der Waals surface area (Å²) in [5, 5.41) is 3.81. The number of carbonyl (C=O) groups is 2. The molecule has 1 aromatic heterocycles. The molecule has 1 aliphatic heterocycles. The lowest BCUT2D eigenvalue weighted by Crippen LogP contribution is -2.56. The first-order valence-corrected chi connectivity index (χ1v) is 11.0. The van der Waals surface area contributed by atoms with Crippen LogP contribution in [-0.4, -0.2) is 64.2 Å². The zero-order valence-electron chi connectivity index (χ0n) is 16.9. The number of thioether (sulfide) groups is 1. The van der Waals surface area contributed by atoms with Gasteiger partial charge in [-0.2, -0.15) is 0 Å². The van der Waals surface area contributed by atoms with Gasteiger partial charge in [0.2, 0.25) is 11.8 Å². The summed E-state index contributed by atoms with van der Waals surface area (Å²) in [6.45, 7) is 9.90. The minimum atomic E-state index is -0.389. The van der Waals surface area contributed by atoms with Gasteiger partial charge in [0.15, 0.2) is 5.16 Å². The van der Waals surface area contributed by atoms with Gasteiger partial charge >= 0.3 is 0 Å². The first-order chi connectivity index (χ1) is 13.1. The molecule has 1 aromatic rings. The first kappa shape index (κ1) is 21.2. The van der Waals surface area contributed by atoms with Crippen LogP contribution in [0.1, 0.15) is 40.5 Å². The van der Waals surface area contributed by atoms with Gasteiger partial charge < -0.3 is 15.1 Å². The molecule has 0 radical (unpaired) electrons. The van der Waals surface area contributed by atoms with Crippen LogP contribution in [0.3, 0.4) is 0 Å². The summed E-state index contributed by atoms with van der Waals surface area (Å²) >= 11 is 7.49. The highest BCUT2D eigenvalue weighted by atomic mass is 35.5. The van der Waals surface area contributed by atoms with Crippen molar-refractivity contribution in [1.82, 2.24) is 20.2 Å². The Balaban J connectivity index is 1.62. The molecule has 1 unspecified atom stereocenters. The Morgan fingerprint density at radius 3 is 2.61 bits per heavy atom. The molecule has 9 heteroatoms. The van der Waals surface area contributed by atoms with Crippen LogP contribution < -0.4 is 10.2 Å². The van der Waals surface area contributed by atoms with E-state index in [0.717, 1.165) is 18.7 Å². The average Bonchev–Trinajstić information content (AvgIpc) is 3.42. The molecular formula is C19H28ClN5O2S. The summed E-state index contributed by atoms with van der Waals surface area (Å²) in [5.74, 6) is 1.18. The number of piperazine rings is 1. The van der Waals surface area contributed by atoms with E-state index in [1.54, 1.807) is 6.07 Å². The standard InChI is InChI=1S/C19H28ClN5O2S/c1-12-10-24(7-8-25(12)17(27)19(2,3)4)15-9-14(20)22-18(23-15)28-11-16(26)21-13-5-6-13/h9,12-13H,5-8,10-11H2,1-4H3,(H,21,26). The fourth-order valence-corrected chi connectivity index (χ4v) is 4.03. The van der Waals surface area contributed by atoms with Gasteiger partial charge in [-0.25, -0.2) is 9.97 Å². The van der Waals surface area contributed by atoms with E-state index in [2.05, 4.69) is 27.1 Å². The van der Waals surface area contributed by atoms with Crippen molar-refractivity contribution in [3.63, 3.8) is 0 Å². The first-order valence-electron chi connectivity index (χ1n) is 9.66. The number of carbonyl (C=O) groups excluding carboxylic acids is 2. The molecule has 0 bridgehead atoms. The highest BCUT2D eigenvalue weighted by Gasteiger charge is 2.34. The van der Waals surface area contributed by atoms with Crippen molar-refractivity contribution >= 4 is 41.0 Å². The Labute approximate surface area is 175 Å². The maximum atomic E-state index is 12.6. The smallest absolute Gasteiger partial charge is 0.230 e. The topological polar surface area (TPSA) is 78.4 Å². The Hall–Kier alpha value is -1.54. The van der Waals surface area contributed by atoms with E-state index < -0.39 is 0 Å². The lowest BCUT2D eigenvalue weighted by molar-refractivity contribution is -0.142. The molecular weight excluding hydrogens is 398 g/mol. The van der Waals surface area contributed by atoms with Gasteiger partial charge in [0.25, 0.3) is 0 Å². The van der Waals surface area contributed by atoms with Gasteiger partial charge in [-0.05, 0) is 19.8 Å². The van der Waals surface area contributed by atoms with Crippen molar-refractivity contribution in [2.24, 2.45) is 5.41 Å². The van der Waals surface area contributed by atoms with Gasteiger partial charge in [-0.3, -0.25) is 9.59 Å². The van der Waals surface area contributed by atoms with Gasteiger partial charge in [-0.1, -0.05) is 44.1 Å². The number of nitrogens with one attached hydrogen (secondary N) is 1. The summed E-state index contributed by atoms with van der Waals surface area (Å²) in [4.78, 5) is 37.4. The van der Waals surface area contributed by atoms with Crippen LogP contribution in [0.5, 0.6) is 0 Å². The monoisotopic (exact) mass is 425 g/mol. The maximum absolute atomic E-state index is 12.6. The summed E-state index contributed by atoms with van der Waals surface area (Å²) in [5.41, 5.74) is -0.389. The highest BCUT2D eigenvalue weighted by Crippen LogP contribution is 2.26. The molecule has 1 aliphatic carbocycles. The number of halogens is 1. The van der Waals surface area contributed by atoms with E-state index in [-0.39, 0.29) is 29.0 Å². The second-order valence-electron chi connectivity index (χ2n) is 8.51. The van der Waals surface area contributed by atoms with Crippen molar-refractivity contribution in [1.29, 1.82) is 0 Å². The summed E-state index contributed by atoms with van der Waals surface area (Å²) in [6.07, 6.45) is 2.13. The molecule has 0 aromatic carbocycles. The van der Waals surface area contributed by atoms with Crippen LogP contribution in [0, 0.1) is 5.41 Å². The van der Waals surface area contributed by atoms with Crippen LogP contribution in [0.2, 0.25) is 5.15 Å². The van der Waals surface area contributed by atoms with Gasteiger partial charge in [0.1, 0.15) is 11.0 Å². The third-order valence-corrected chi connectivity index (χ3v) is 5.83. The highest BCUT2D eigenvalue weighted by molar-refractivity contribution is 7.99. The van der Waals surface area contributed by atoms with Crippen molar-refractivity contribution < 1.29 is 9.59 Å². The molecule has 1 saturated carbocycles. The molecule has 1 saturated heterocycles. The maximum Gasteiger partial charge on any atom is 0.230 e. The molecule has 3 rings (SSSR count). The molecule has 2 amide bonds. The molecule has 2 heterocycles. The minimum absolute atomic E-state index is 0.000514. The lowest BCUT2D eigenvalue weighted by Gasteiger charge is -2.42. The van der Waals surface area contributed by atoms with Crippen LogP contribution in [0.4, 0.5) is 5.82 Å². The van der Waals surface area contributed by atoms with Crippen LogP contribution in [-0.2, 0) is 9.59 Å². The minimum Gasteiger partial charge on any atom is -0.353 e. The molecule has 28 heavy (non-hydrogen) atoms. The zero-order valence-corrected chi connectivity index (χ0v) is 18.4. The van der Waals surface area contributed by atoms with Crippen LogP contribution in [0.15, 0.2) is 11.2 Å². The summed E-state index contributed by atoms with van der Waals surface area (Å²) in [6, 6.07) is 2.16. The molecule has 2 aliphatic rings. The predicted molar refractivity (Wildman–Crippen MR) is 112 cm³/mol. The summed E-state index contributed by atoms with van der Waals surface area (Å²) in [7, 11) is 0. The number of anilines is 1.